The molecule has 27 heavy (non-hydrogen) atoms. The molecule has 140 valence electrons. The lowest BCUT2D eigenvalue weighted by atomic mass is 10.1. The molecule has 0 bridgehead atoms. The van der Waals surface area contributed by atoms with Crippen LogP contribution in [0.5, 0.6) is 11.5 Å². The average molecular weight is 382 g/mol. The van der Waals surface area contributed by atoms with E-state index in [1.54, 1.807) is 43.8 Å². The van der Waals surface area contributed by atoms with Gasteiger partial charge in [0.15, 0.2) is 0 Å². The highest BCUT2D eigenvalue weighted by molar-refractivity contribution is 7.09. The third-order valence-electron chi connectivity index (χ3n) is 4.22. The molecule has 0 aliphatic rings. The first-order valence-corrected chi connectivity index (χ1v) is 9.50. The predicted octanol–water partition coefficient (Wildman–Crippen LogP) is 4.11. The minimum atomic E-state index is -0.180. The molecule has 2 aromatic carbocycles. The van der Waals surface area contributed by atoms with Crippen molar-refractivity contribution in [1.29, 1.82) is 0 Å². The van der Waals surface area contributed by atoms with Gasteiger partial charge in [-0.15, -0.1) is 11.3 Å². The van der Waals surface area contributed by atoms with Gasteiger partial charge in [0.2, 0.25) is 0 Å². The maximum atomic E-state index is 12.5. The van der Waals surface area contributed by atoms with Gasteiger partial charge in [-0.05, 0) is 37.1 Å². The molecule has 0 atom stereocenters. The number of aryl methyl sites for hydroxylation is 1. The van der Waals surface area contributed by atoms with E-state index in [0.717, 1.165) is 28.2 Å². The summed E-state index contributed by atoms with van der Waals surface area (Å²) in [5, 5.41) is 6.06. The third-order valence-corrected chi connectivity index (χ3v) is 4.99. The number of carbonyl (C=O) groups excluding carboxylic acids is 1. The number of hydrogen-bond donors (Lipinski definition) is 1. The van der Waals surface area contributed by atoms with Crippen molar-refractivity contribution in [3.63, 3.8) is 0 Å². The molecule has 6 heteroatoms. The Labute approximate surface area is 163 Å². The van der Waals surface area contributed by atoms with Gasteiger partial charge in [-0.1, -0.05) is 24.3 Å². The molecule has 1 heterocycles. The van der Waals surface area contributed by atoms with Crippen molar-refractivity contribution in [1.82, 2.24) is 10.3 Å². The van der Waals surface area contributed by atoms with Gasteiger partial charge in [-0.25, -0.2) is 4.98 Å². The zero-order chi connectivity index (χ0) is 19.2. The molecule has 1 amide bonds. The van der Waals surface area contributed by atoms with Crippen molar-refractivity contribution in [2.24, 2.45) is 0 Å². The van der Waals surface area contributed by atoms with Crippen LogP contribution in [0.25, 0.3) is 11.3 Å². The Morgan fingerprint density at radius 2 is 1.89 bits per heavy atom. The number of carbonyl (C=O) groups is 1. The number of thiazole rings is 1. The second-order valence-electron chi connectivity index (χ2n) is 6.02. The number of hydrogen-bond acceptors (Lipinski definition) is 5. The quantitative estimate of drug-likeness (QED) is 0.668. The van der Waals surface area contributed by atoms with Crippen LogP contribution in [0.1, 0.15) is 20.9 Å². The van der Waals surface area contributed by atoms with E-state index in [4.69, 9.17) is 9.47 Å². The lowest BCUT2D eigenvalue weighted by Gasteiger charge is -2.11. The van der Waals surface area contributed by atoms with Crippen molar-refractivity contribution >= 4 is 17.2 Å². The predicted molar refractivity (Wildman–Crippen MR) is 108 cm³/mol. The number of ether oxygens (including phenoxy) is 2. The van der Waals surface area contributed by atoms with Crippen LogP contribution in [0.4, 0.5) is 0 Å². The maximum Gasteiger partial charge on any atom is 0.255 e. The van der Waals surface area contributed by atoms with E-state index in [2.05, 4.69) is 39.9 Å². The topological polar surface area (TPSA) is 60.5 Å². The van der Waals surface area contributed by atoms with Gasteiger partial charge in [0.1, 0.15) is 11.5 Å². The average Bonchev–Trinajstić information content (AvgIpc) is 3.14. The van der Waals surface area contributed by atoms with E-state index >= 15 is 0 Å². The summed E-state index contributed by atoms with van der Waals surface area (Å²) in [5.74, 6) is 0.963. The van der Waals surface area contributed by atoms with Crippen molar-refractivity contribution in [3.8, 4) is 22.8 Å². The van der Waals surface area contributed by atoms with Crippen LogP contribution in [-0.2, 0) is 6.42 Å². The fourth-order valence-electron chi connectivity index (χ4n) is 2.75. The molecule has 0 unspecified atom stereocenters. The van der Waals surface area contributed by atoms with Crippen molar-refractivity contribution < 1.29 is 14.3 Å². The Hall–Kier alpha value is -2.86. The van der Waals surface area contributed by atoms with Gasteiger partial charge in [0.25, 0.3) is 5.91 Å². The molecule has 1 N–H and O–H groups in total. The number of methoxy groups -OCH3 is 2. The summed E-state index contributed by atoms with van der Waals surface area (Å²) in [6.07, 6.45) is 0.744. The van der Waals surface area contributed by atoms with E-state index < -0.39 is 0 Å². The second kappa shape index (κ2) is 8.68. The van der Waals surface area contributed by atoms with E-state index in [1.165, 1.54) is 0 Å². The zero-order valence-electron chi connectivity index (χ0n) is 15.6. The minimum Gasteiger partial charge on any atom is -0.497 e. The largest absolute Gasteiger partial charge is 0.497 e. The minimum absolute atomic E-state index is 0.180. The van der Waals surface area contributed by atoms with Gasteiger partial charge in [0.05, 0.1) is 30.5 Å². The standard InChI is InChI=1S/C21H22N2O3S/c1-14-23-19(13-27-14)16-6-4-15(5-7-16)10-11-22-21(24)18-12-17(25-2)8-9-20(18)26-3/h4-9,12-13H,10-11H2,1-3H3,(H,22,24). The van der Waals surface area contributed by atoms with Crippen LogP contribution in [0.3, 0.4) is 0 Å². The van der Waals surface area contributed by atoms with Crippen LogP contribution in [0.2, 0.25) is 0 Å². The molecule has 3 aromatic rings. The Kier molecular flexibility index (Phi) is 6.08. The molecule has 1 aromatic heterocycles. The zero-order valence-corrected chi connectivity index (χ0v) is 16.4. The van der Waals surface area contributed by atoms with E-state index in [1.807, 2.05) is 6.92 Å². The number of nitrogens with zero attached hydrogens (tertiary/aromatic N) is 1. The van der Waals surface area contributed by atoms with Crippen LogP contribution in [0, 0.1) is 6.92 Å². The molecular weight excluding hydrogens is 360 g/mol. The maximum absolute atomic E-state index is 12.5. The summed E-state index contributed by atoms with van der Waals surface area (Å²) in [7, 11) is 3.12. The molecular formula is C21H22N2O3S. The highest BCUT2D eigenvalue weighted by atomic mass is 32.1. The summed E-state index contributed by atoms with van der Waals surface area (Å²) in [4.78, 5) is 17.0. The van der Waals surface area contributed by atoms with Crippen LogP contribution in [0.15, 0.2) is 47.8 Å². The first kappa shape index (κ1) is 18.9. The normalized spacial score (nSPS) is 10.5. The van der Waals surface area contributed by atoms with Crippen LogP contribution >= 0.6 is 11.3 Å². The Morgan fingerprint density at radius 3 is 2.52 bits per heavy atom. The molecule has 0 spiro atoms. The molecule has 0 aliphatic carbocycles. The highest BCUT2D eigenvalue weighted by Gasteiger charge is 2.13. The smallest absolute Gasteiger partial charge is 0.255 e. The Morgan fingerprint density at radius 1 is 1.11 bits per heavy atom. The number of nitrogens with one attached hydrogen (secondary N) is 1. The summed E-state index contributed by atoms with van der Waals surface area (Å²) < 4.78 is 10.5. The molecule has 3 rings (SSSR count). The fraction of sp³-hybridized carbons (Fsp3) is 0.238. The Bertz CT molecular complexity index is 919. The highest BCUT2D eigenvalue weighted by Crippen LogP contribution is 2.24. The van der Waals surface area contributed by atoms with E-state index in [9.17, 15) is 4.79 Å². The van der Waals surface area contributed by atoms with Gasteiger partial charge < -0.3 is 14.8 Å². The van der Waals surface area contributed by atoms with Gasteiger partial charge in [-0.3, -0.25) is 4.79 Å². The molecule has 0 saturated carbocycles. The first-order valence-electron chi connectivity index (χ1n) is 8.62. The SMILES string of the molecule is COc1ccc(OC)c(C(=O)NCCc2ccc(-c3csc(C)n3)cc2)c1. The van der Waals surface area contributed by atoms with Crippen molar-refractivity contribution in [2.75, 3.05) is 20.8 Å². The van der Waals surface area contributed by atoms with Crippen molar-refractivity contribution in [3.05, 3.63) is 64.0 Å². The monoisotopic (exact) mass is 382 g/mol. The number of benzene rings is 2. The molecule has 5 nitrogen and oxygen atoms in total. The number of aromatic nitrogens is 1. The van der Waals surface area contributed by atoms with Gasteiger partial charge in [0, 0.05) is 17.5 Å². The summed E-state index contributed by atoms with van der Waals surface area (Å²) in [6, 6.07) is 13.4. The lowest BCUT2D eigenvalue weighted by Crippen LogP contribution is -2.26. The number of rotatable bonds is 7. The third kappa shape index (κ3) is 4.65. The molecule has 0 radical (unpaired) electrons. The van der Waals surface area contributed by atoms with Gasteiger partial charge >= 0.3 is 0 Å². The summed E-state index contributed by atoms with van der Waals surface area (Å²) in [5.41, 5.74) is 3.73. The van der Waals surface area contributed by atoms with E-state index in [-0.39, 0.29) is 5.91 Å². The molecule has 0 saturated heterocycles. The van der Waals surface area contributed by atoms with Crippen molar-refractivity contribution in [2.45, 2.75) is 13.3 Å². The lowest BCUT2D eigenvalue weighted by molar-refractivity contribution is 0.0950. The van der Waals surface area contributed by atoms with Crippen LogP contribution < -0.4 is 14.8 Å². The van der Waals surface area contributed by atoms with Crippen LogP contribution in [-0.4, -0.2) is 31.7 Å². The summed E-state index contributed by atoms with van der Waals surface area (Å²) >= 11 is 1.65. The fourth-order valence-corrected chi connectivity index (χ4v) is 3.37. The van der Waals surface area contributed by atoms with E-state index in [0.29, 0.717) is 23.6 Å². The Balaban J connectivity index is 1.59. The molecule has 0 aliphatic heterocycles. The summed E-state index contributed by atoms with van der Waals surface area (Å²) in [6.45, 7) is 2.54. The first-order chi connectivity index (χ1) is 13.1. The van der Waals surface area contributed by atoms with Gasteiger partial charge in [-0.2, -0.15) is 0 Å². The second-order valence-corrected chi connectivity index (χ2v) is 7.08. The molecule has 0 fully saturated rings. The number of amides is 1.